The van der Waals surface area contributed by atoms with Crippen molar-refractivity contribution in [3.63, 3.8) is 0 Å². The van der Waals surface area contributed by atoms with Crippen molar-refractivity contribution >= 4 is 14.2 Å². The molecule has 170 valence electrons. The first-order valence-corrected chi connectivity index (χ1v) is 12.8. The molecule has 0 saturated heterocycles. The number of benzene rings is 2. The zero-order chi connectivity index (χ0) is 23.6. The van der Waals surface area contributed by atoms with Crippen molar-refractivity contribution in [3.8, 4) is 0 Å². The predicted molar refractivity (Wildman–Crippen MR) is 107 cm³/mol. The average Bonchev–Trinajstić information content (AvgIpc) is 2.64. The van der Waals surface area contributed by atoms with Crippen LogP contribution < -0.4 is 0 Å². The van der Waals surface area contributed by atoms with E-state index >= 15 is 0 Å². The van der Waals surface area contributed by atoms with Crippen molar-refractivity contribution in [2.75, 3.05) is 13.6 Å². The van der Waals surface area contributed by atoms with Crippen LogP contribution in [0.4, 0.5) is 26.3 Å². The third-order valence-electron chi connectivity index (χ3n) is 4.29. The monoisotopic (exact) mass is 463 g/mol. The summed E-state index contributed by atoms with van der Waals surface area (Å²) in [7, 11) is -0.768. The van der Waals surface area contributed by atoms with Crippen LogP contribution in [0.2, 0.25) is 19.6 Å². The number of nitrogens with zero attached hydrogens (tertiary/aromatic N) is 1. The Labute approximate surface area is 177 Å². The third kappa shape index (κ3) is 7.10. The van der Waals surface area contributed by atoms with E-state index in [1.807, 2.05) is 19.6 Å². The molecule has 0 aliphatic carbocycles. The lowest BCUT2D eigenvalue weighted by Gasteiger charge is -2.30. The molecule has 1 unspecified atom stereocenters. The van der Waals surface area contributed by atoms with Crippen LogP contribution in [0.25, 0.3) is 0 Å². The van der Waals surface area contributed by atoms with Crippen LogP contribution in [0, 0.1) is 0 Å². The van der Waals surface area contributed by atoms with E-state index in [0.717, 1.165) is 10.5 Å². The SMILES string of the molecule is CN(CC(O[Si](C)(C)C)c1ccccc1)C(=O)c1cc(C(F)(F)F)cc(C(F)(F)F)c1. The van der Waals surface area contributed by atoms with Crippen molar-refractivity contribution in [2.24, 2.45) is 0 Å². The van der Waals surface area contributed by atoms with Gasteiger partial charge in [0.2, 0.25) is 0 Å². The molecular formula is C21H23F6NO2Si. The van der Waals surface area contributed by atoms with Gasteiger partial charge in [-0.3, -0.25) is 4.79 Å². The van der Waals surface area contributed by atoms with Gasteiger partial charge in [0, 0.05) is 19.2 Å². The van der Waals surface area contributed by atoms with E-state index in [9.17, 15) is 31.1 Å². The molecule has 0 bridgehead atoms. The molecule has 0 aromatic heterocycles. The molecule has 0 spiro atoms. The summed E-state index contributed by atoms with van der Waals surface area (Å²) < 4.78 is 84.8. The van der Waals surface area contributed by atoms with Gasteiger partial charge in [-0.15, -0.1) is 0 Å². The normalized spacial score (nSPS) is 13.7. The molecule has 1 amide bonds. The highest BCUT2D eigenvalue weighted by molar-refractivity contribution is 6.69. The Bertz CT molecular complexity index is 875. The van der Waals surface area contributed by atoms with E-state index in [2.05, 4.69) is 0 Å². The number of likely N-dealkylation sites (N-methyl/N-ethyl adjacent to an activating group) is 1. The van der Waals surface area contributed by atoms with Crippen LogP contribution in [0.5, 0.6) is 0 Å². The summed E-state index contributed by atoms with van der Waals surface area (Å²) in [5, 5.41) is 0. The zero-order valence-electron chi connectivity index (χ0n) is 17.4. The molecule has 2 aromatic rings. The third-order valence-corrected chi connectivity index (χ3v) is 5.28. The van der Waals surface area contributed by atoms with Crippen molar-refractivity contribution < 1.29 is 35.6 Å². The topological polar surface area (TPSA) is 29.5 Å². The molecule has 31 heavy (non-hydrogen) atoms. The molecule has 0 aliphatic heterocycles. The molecule has 3 nitrogen and oxygen atoms in total. The van der Waals surface area contributed by atoms with Gasteiger partial charge in [0.15, 0.2) is 8.32 Å². The molecule has 0 heterocycles. The molecule has 0 radical (unpaired) electrons. The summed E-state index contributed by atoms with van der Waals surface area (Å²) in [6.45, 7) is 5.78. The lowest BCUT2D eigenvalue weighted by Crippen LogP contribution is -2.36. The summed E-state index contributed by atoms with van der Waals surface area (Å²) in [5.41, 5.74) is -3.00. The fourth-order valence-electron chi connectivity index (χ4n) is 2.94. The summed E-state index contributed by atoms with van der Waals surface area (Å²) in [6.07, 6.45) is -10.6. The first kappa shape index (κ1) is 24.9. The Balaban J connectivity index is 2.38. The summed E-state index contributed by atoms with van der Waals surface area (Å²) in [4.78, 5) is 13.9. The first-order chi connectivity index (χ1) is 14.1. The number of halogens is 6. The Kier molecular flexibility index (Phi) is 7.27. The van der Waals surface area contributed by atoms with Crippen LogP contribution >= 0.6 is 0 Å². The number of carbonyl (C=O) groups is 1. The highest BCUT2D eigenvalue weighted by atomic mass is 28.4. The quantitative estimate of drug-likeness (QED) is 0.367. The minimum absolute atomic E-state index is 0.00212. The molecule has 2 rings (SSSR count). The number of hydrogen-bond acceptors (Lipinski definition) is 2. The second-order valence-electron chi connectivity index (χ2n) is 8.11. The van der Waals surface area contributed by atoms with E-state index < -0.39 is 49.4 Å². The van der Waals surface area contributed by atoms with E-state index in [1.54, 1.807) is 30.3 Å². The lowest BCUT2D eigenvalue weighted by molar-refractivity contribution is -0.143. The molecule has 0 saturated carbocycles. The molecular weight excluding hydrogens is 440 g/mol. The first-order valence-electron chi connectivity index (χ1n) is 9.35. The Morgan fingerprint density at radius 2 is 1.42 bits per heavy atom. The molecule has 2 aromatic carbocycles. The van der Waals surface area contributed by atoms with Gasteiger partial charge in [-0.05, 0) is 43.4 Å². The number of rotatable bonds is 6. The molecule has 0 fully saturated rings. The van der Waals surface area contributed by atoms with Gasteiger partial charge in [-0.1, -0.05) is 30.3 Å². The average molecular weight is 463 g/mol. The van der Waals surface area contributed by atoms with Gasteiger partial charge < -0.3 is 9.33 Å². The number of amides is 1. The standard InChI is InChI=1S/C21H23F6NO2Si/c1-28(13-18(30-31(2,3)4)14-8-6-5-7-9-14)19(29)15-10-16(20(22,23)24)12-17(11-15)21(25,26)27/h5-12,18H,13H2,1-4H3. The molecule has 10 heteroatoms. The largest absolute Gasteiger partial charge is 0.416 e. The van der Waals surface area contributed by atoms with Crippen LogP contribution in [-0.2, 0) is 16.8 Å². The van der Waals surface area contributed by atoms with Gasteiger partial charge in [-0.25, -0.2) is 0 Å². The van der Waals surface area contributed by atoms with Crippen LogP contribution in [-0.4, -0.2) is 32.7 Å². The van der Waals surface area contributed by atoms with E-state index in [1.165, 1.54) is 7.05 Å². The highest BCUT2D eigenvalue weighted by Crippen LogP contribution is 2.36. The van der Waals surface area contributed by atoms with Crippen LogP contribution in [0.3, 0.4) is 0 Å². The Morgan fingerprint density at radius 3 is 1.84 bits per heavy atom. The summed E-state index contributed by atoms with van der Waals surface area (Å²) >= 11 is 0. The maximum Gasteiger partial charge on any atom is 0.416 e. The smallest absolute Gasteiger partial charge is 0.409 e. The number of carbonyl (C=O) groups excluding carboxylic acids is 1. The maximum absolute atomic E-state index is 13.1. The van der Waals surface area contributed by atoms with Crippen molar-refractivity contribution in [2.45, 2.75) is 38.1 Å². The number of alkyl halides is 6. The van der Waals surface area contributed by atoms with Gasteiger partial charge in [0.1, 0.15) is 0 Å². The number of hydrogen-bond donors (Lipinski definition) is 0. The van der Waals surface area contributed by atoms with Crippen molar-refractivity contribution in [1.82, 2.24) is 4.90 Å². The van der Waals surface area contributed by atoms with Gasteiger partial charge >= 0.3 is 12.4 Å². The highest BCUT2D eigenvalue weighted by Gasteiger charge is 2.38. The van der Waals surface area contributed by atoms with E-state index in [4.69, 9.17) is 4.43 Å². The van der Waals surface area contributed by atoms with Crippen molar-refractivity contribution in [3.05, 3.63) is 70.8 Å². The van der Waals surface area contributed by atoms with Gasteiger partial charge in [-0.2, -0.15) is 26.3 Å². The van der Waals surface area contributed by atoms with E-state index in [0.29, 0.717) is 12.1 Å². The summed E-state index contributed by atoms with van der Waals surface area (Å²) in [5.74, 6) is -0.961. The maximum atomic E-state index is 13.1. The molecule has 1 atom stereocenters. The van der Waals surface area contributed by atoms with Crippen molar-refractivity contribution in [1.29, 1.82) is 0 Å². The van der Waals surface area contributed by atoms with E-state index in [-0.39, 0.29) is 12.6 Å². The van der Waals surface area contributed by atoms with Gasteiger partial charge in [0.05, 0.1) is 17.2 Å². The fraction of sp³-hybridized carbons (Fsp3) is 0.381. The van der Waals surface area contributed by atoms with Gasteiger partial charge in [0.25, 0.3) is 5.91 Å². The summed E-state index contributed by atoms with van der Waals surface area (Å²) in [6, 6.07) is 9.80. The fourth-order valence-corrected chi connectivity index (χ4v) is 4.00. The van der Waals surface area contributed by atoms with Crippen LogP contribution in [0.1, 0.15) is 33.2 Å². The predicted octanol–water partition coefficient (Wildman–Crippen LogP) is 6.39. The lowest BCUT2D eigenvalue weighted by atomic mass is 10.0. The molecule has 0 N–H and O–H groups in total. The zero-order valence-corrected chi connectivity index (χ0v) is 18.4. The minimum atomic E-state index is -5.03. The Morgan fingerprint density at radius 1 is 0.935 bits per heavy atom. The second-order valence-corrected chi connectivity index (χ2v) is 12.6. The Hall–Kier alpha value is -2.33. The minimum Gasteiger partial charge on any atom is -0.409 e. The van der Waals surface area contributed by atoms with Crippen LogP contribution in [0.15, 0.2) is 48.5 Å². The second kappa shape index (κ2) is 9.03. The molecule has 0 aliphatic rings.